The van der Waals surface area contributed by atoms with Crippen LogP contribution in [-0.2, 0) is 9.47 Å². The first-order chi connectivity index (χ1) is 10.4. The van der Waals surface area contributed by atoms with E-state index in [1.54, 1.807) is 0 Å². The lowest BCUT2D eigenvalue weighted by atomic mass is 10.1. The van der Waals surface area contributed by atoms with E-state index in [0.717, 1.165) is 22.3 Å². The molecule has 1 aliphatic rings. The van der Waals surface area contributed by atoms with Crippen molar-refractivity contribution in [2.45, 2.75) is 13.0 Å². The van der Waals surface area contributed by atoms with E-state index in [0.29, 0.717) is 33.0 Å². The summed E-state index contributed by atoms with van der Waals surface area (Å²) in [5.41, 5.74) is 0. The summed E-state index contributed by atoms with van der Waals surface area (Å²) in [4.78, 5) is 0. The molecule has 0 radical (unpaired) electrons. The van der Waals surface area contributed by atoms with Crippen molar-refractivity contribution >= 4 is 10.8 Å². The summed E-state index contributed by atoms with van der Waals surface area (Å²) >= 11 is 0. The smallest absolute Gasteiger partial charge is 0.169 e. The van der Waals surface area contributed by atoms with E-state index in [4.69, 9.17) is 18.9 Å². The van der Waals surface area contributed by atoms with E-state index in [9.17, 15) is 0 Å². The molecule has 4 nitrogen and oxygen atoms in total. The minimum atomic E-state index is -0.0211. The zero-order chi connectivity index (χ0) is 14.5. The fourth-order valence-electron chi connectivity index (χ4n) is 2.45. The second-order valence-electron chi connectivity index (χ2n) is 4.93. The van der Waals surface area contributed by atoms with Gasteiger partial charge in [0.25, 0.3) is 0 Å². The van der Waals surface area contributed by atoms with Crippen molar-refractivity contribution in [1.29, 1.82) is 0 Å². The van der Waals surface area contributed by atoms with Gasteiger partial charge in [-0.3, -0.25) is 0 Å². The number of rotatable bonds is 5. The van der Waals surface area contributed by atoms with Crippen molar-refractivity contribution in [3.8, 4) is 11.5 Å². The molecule has 0 bridgehead atoms. The second kappa shape index (κ2) is 6.78. The van der Waals surface area contributed by atoms with Crippen LogP contribution in [0.25, 0.3) is 10.8 Å². The molecule has 1 aliphatic heterocycles. The van der Waals surface area contributed by atoms with Crippen molar-refractivity contribution in [3.05, 3.63) is 36.4 Å². The van der Waals surface area contributed by atoms with Gasteiger partial charge in [0.2, 0.25) is 0 Å². The predicted molar refractivity (Wildman–Crippen MR) is 81.2 cm³/mol. The Balaban J connectivity index is 1.84. The van der Waals surface area contributed by atoms with Crippen molar-refractivity contribution in [3.63, 3.8) is 0 Å². The van der Waals surface area contributed by atoms with Crippen LogP contribution in [0.2, 0.25) is 0 Å². The largest absolute Gasteiger partial charge is 0.490 e. The van der Waals surface area contributed by atoms with E-state index in [1.165, 1.54) is 0 Å². The third-order valence-corrected chi connectivity index (χ3v) is 3.44. The van der Waals surface area contributed by atoms with Gasteiger partial charge < -0.3 is 18.9 Å². The molecule has 2 aromatic carbocycles. The Kier molecular flexibility index (Phi) is 4.58. The maximum absolute atomic E-state index is 6.01. The molecule has 0 unspecified atom stereocenters. The highest BCUT2D eigenvalue weighted by molar-refractivity contribution is 5.90. The molecular formula is C17H20O4. The number of ether oxygens (including phenoxy) is 4. The van der Waals surface area contributed by atoms with Crippen LogP contribution in [0.1, 0.15) is 6.92 Å². The first-order valence-electron chi connectivity index (χ1n) is 7.35. The Labute approximate surface area is 124 Å². The number of benzene rings is 2. The zero-order valence-corrected chi connectivity index (χ0v) is 12.2. The van der Waals surface area contributed by atoms with Gasteiger partial charge in [0.1, 0.15) is 12.7 Å². The maximum atomic E-state index is 6.01. The Bertz CT molecular complexity index is 590. The molecule has 4 heteroatoms. The molecule has 1 atom stereocenters. The van der Waals surface area contributed by atoms with Crippen LogP contribution in [0, 0.1) is 0 Å². The van der Waals surface area contributed by atoms with Gasteiger partial charge in [-0.25, -0.2) is 0 Å². The molecule has 0 spiro atoms. The van der Waals surface area contributed by atoms with E-state index in [1.807, 2.05) is 37.3 Å². The van der Waals surface area contributed by atoms with Crippen LogP contribution in [-0.4, -0.2) is 39.1 Å². The highest BCUT2D eigenvalue weighted by Gasteiger charge is 2.17. The normalized spacial score (nSPS) is 18.6. The van der Waals surface area contributed by atoms with Crippen LogP contribution >= 0.6 is 0 Å². The average Bonchev–Trinajstić information content (AvgIpc) is 2.55. The van der Waals surface area contributed by atoms with Crippen molar-refractivity contribution < 1.29 is 18.9 Å². The molecule has 1 saturated heterocycles. The van der Waals surface area contributed by atoms with Gasteiger partial charge in [0.15, 0.2) is 11.5 Å². The molecular weight excluding hydrogens is 268 g/mol. The first-order valence-corrected chi connectivity index (χ1v) is 7.35. The SMILES string of the molecule is CCOc1ccc2ccccc2c1OC[C@@H]1COCCO1. The third-order valence-electron chi connectivity index (χ3n) is 3.44. The molecule has 3 rings (SSSR count). The van der Waals surface area contributed by atoms with Crippen LogP contribution < -0.4 is 9.47 Å². The van der Waals surface area contributed by atoms with Gasteiger partial charge in [-0.1, -0.05) is 30.3 Å². The Morgan fingerprint density at radius 2 is 2.00 bits per heavy atom. The summed E-state index contributed by atoms with van der Waals surface area (Å²) in [5, 5.41) is 2.19. The minimum absolute atomic E-state index is 0.0211. The topological polar surface area (TPSA) is 36.9 Å². The molecule has 1 fully saturated rings. The van der Waals surface area contributed by atoms with Gasteiger partial charge in [-0.15, -0.1) is 0 Å². The summed E-state index contributed by atoms with van der Waals surface area (Å²) in [6.45, 7) is 4.91. The maximum Gasteiger partial charge on any atom is 0.169 e. The summed E-state index contributed by atoms with van der Waals surface area (Å²) in [5.74, 6) is 1.55. The van der Waals surface area contributed by atoms with Crippen molar-refractivity contribution in [2.24, 2.45) is 0 Å². The van der Waals surface area contributed by atoms with E-state index in [2.05, 4.69) is 6.07 Å². The summed E-state index contributed by atoms with van der Waals surface area (Å²) in [6.07, 6.45) is -0.0211. The number of fused-ring (bicyclic) bond motifs is 1. The molecule has 2 aromatic rings. The quantitative estimate of drug-likeness (QED) is 0.847. The lowest BCUT2D eigenvalue weighted by molar-refractivity contribution is -0.101. The van der Waals surface area contributed by atoms with E-state index >= 15 is 0 Å². The number of hydrogen-bond donors (Lipinski definition) is 0. The summed E-state index contributed by atoms with van der Waals surface area (Å²) < 4.78 is 22.7. The number of hydrogen-bond acceptors (Lipinski definition) is 4. The lowest BCUT2D eigenvalue weighted by Crippen LogP contribution is -2.33. The van der Waals surface area contributed by atoms with Gasteiger partial charge in [-0.2, -0.15) is 0 Å². The van der Waals surface area contributed by atoms with Crippen molar-refractivity contribution in [2.75, 3.05) is 33.0 Å². The molecule has 0 saturated carbocycles. The molecule has 21 heavy (non-hydrogen) atoms. The minimum Gasteiger partial charge on any atom is -0.490 e. The standard InChI is InChI=1S/C17H20O4/c1-2-19-16-8-7-13-5-3-4-6-15(13)17(16)21-12-14-11-18-9-10-20-14/h3-8,14H,2,9-12H2,1H3/t14-/m0/s1. The molecule has 0 aromatic heterocycles. The Morgan fingerprint density at radius 1 is 1.10 bits per heavy atom. The highest BCUT2D eigenvalue weighted by Crippen LogP contribution is 2.35. The van der Waals surface area contributed by atoms with Gasteiger partial charge in [0, 0.05) is 5.39 Å². The van der Waals surface area contributed by atoms with Gasteiger partial charge >= 0.3 is 0 Å². The van der Waals surface area contributed by atoms with Crippen LogP contribution in [0.5, 0.6) is 11.5 Å². The molecule has 112 valence electrons. The van der Waals surface area contributed by atoms with Gasteiger partial charge in [0.05, 0.1) is 26.4 Å². The highest BCUT2D eigenvalue weighted by atomic mass is 16.6. The van der Waals surface area contributed by atoms with E-state index in [-0.39, 0.29) is 6.10 Å². The van der Waals surface area contributed by atoms with Crippen LogP contribution in [0.4, 0.5) is 0 Å². The van der Waals surface area contributed by atoms with Crippen molar-refractivity contribution in [1.82, 2.24) is 0 Å². The molecule has 0 aliphatic carbocycles. The zero-order valence-electron chi connectivity index (χ0n) is 12.2. The Morgan fingerprint density at radius 3 is 2.81 bits per heavy atom. The average molecular weight is 288 g/mol. The summed E-state index contributed by atoms with van der Waals surface area (Å²) in [7, 11) is 0. The predicted octanol–water partition coefficient (Wildman–Crippen LogP) is 3.03. The van der Waals surface area contributed by atoms with E-state index < -0.39 is 0 Å². The summed E-state index contributed by atoms with van der Waals surface area (Å²) in [6, 6.07) is 12.1. The van der Waals surface area contributed by atoms with Crippen LogP contribution in [0.3, 0.4) is 0 Å². The van der Waals surface area contributed by atoms with Gasteiger partial charge in [-0.05, 0) is 18.4 Å². The molecule has 1 heterocycles. The Hall–Kier alpha value is -1.78. The monoisotopic (exact) mass is 288 g/mol. The van der Waals surface area contributed by atoms with Crippen LogP contribution in [0.15, 0.2) is 36.4 Å². The molecule has 0 amide bonds. The second-order valence-corrected chi connectivity index (χ2v) is 4.93. The fraction of sp³-hybridized carbons (Fsp3) is 0.412. The fourth-order valence-corrected chi connectivity index (χ4v) is 2.45. The molecule has 0 N–H and O–H groups in total. The first kappa shape index (κ1) is 14.2. The lowest BCUT2D eigenvalue weighted by Gasteiger charge is -2.24. The third kappa shape index (κ3) is 3.28.